The maximum absolute atomic E-state index is 12.4. The van der Waals surface area contributed by atoms with E-state index in [0.717, 1.165) is 32.2 Å². The highest BCUT2D eigenvalue weighted by Gasteiger charge is 2.36. The lowest BCUT2D eigenvalue weighted by Gasteiger charge is -2.23. The number of nitrogens with zero attached hydrogens (tertiary/aromatic N) is 1. The van der Waals surface area contributed by atoms with Crippen molar-refractivity contribution in [2.45, 2.75) is 65.5 Å². The lowest BCUT2D eigenvalue weighted by Crippen LogP contribution is -2.37. The zero-order valence-corrected chi connectivity index (χ0v) is 13.7. The van der Waals surface area contributed by atoms with Crippen molar-refractivity contribution in [2.24, 2.45) is 5.92 Å². The van der Waals surface area contributed by atoms with Gasteiger partial charge < -0.3 is 5.32 Å². The Morgan fingerprint density at radius 1 is 1.16 bits per heavy atom. The summed E-state index contributed by atoms with van der Waals surface area (Å²) in [5.74, 6) is 0.702. The van der Waals surface area contributed by atoms with Gasteiger partial charge >= 0.3 is 0 Å². The average Bonchev–Trinajstić information content (AvgIpc) is 3.08. The molecule has 1 aliphatic rings. The van der Waals surface area contributed by atoms with Gasteiger partial charge in [-0.15, -0.1) is 0 Å². The van der Waals surface area contributed by atoms with Gasteiger partial charge in [-0.3, -0.25) is 0 Å². The third-order valence-corrected chi connectivity index (χ3v) is 5.20. The van der Waals surface area contributed by atoms with Gasteiger partial charge in [0.05, 0.1) is 5.75 Å². The Bertz CT molecular complexity index is 348. The quantitative estimate of drug-likeness (QED) is 0.628. The van der Waals surface area contributed by atoms with Gasteiger partial charge in [0.25, 0.3) is 0 Å². The van der Waals surface area contributed by atoms with Crippen molar-refractivity contribution in [2.75, 3.05) is 18.8 Å². The van der Waals surface area contributed by atoms with Crippen molar-refractivity contribution in [3.05, 3.63) is 0 Å². The molecular weight excluding hydrogens is 260 g/mol. The molecular formula is C14H30N2O2S. The fourth-order valence-electron chi connectivity index (χ4n) is 2.13. The molecule has 1 N–H and O–H groups in total. The van der Waals surface area contributed by atoms with Crippen molar-refractivity contribution in [3.8, 4) is 0 Å². The van der Waals surface area contributed by atoms with Gasteiger partial charge in [0.1, 0.15) is 0 Å². The van der Waals surface area contributed by atoms with Crippen LogP contribution in [0, 0.1) is 5.92 Å². The molecule has 0 radical (unpaired) electrons. The van der Waals surface area contributed by atoms with Crippen LogP contribution in [-0.4, -0.2) is 43.6 Å². The highest BCUT2D eigenvalue weighted by Crippen LogP contribution is 2.30. The van der Waals surface area contributed by atoms with Crippen molar-refractivity contribution < 1.29 is 8.42 Å². The lowest BCUT2D eigenvalue weighted by atomic mass is 10.2. The molecule has 0 spiro atoms. The summed E-state index contributed by atoms with van der Waals surface area (Å²) in [4.78, 5) is 0. The van der Waals surface area contributed by atoms with E-state index in [-0.39, 0.29) is 0 Å². The van der Waals surface area contributed by atoms with Crippen LogP contribution in [0.3, 0.4) is 0 Å². The van der Waals surface area contributed by atoms with E-state index in [2.05, 4.69) is 33.0 Å². The number of hydrogen-bond donors (Lipinski definition) is 1. The molecule has 19 heavy (non-hydrogen) atoms. The smallest absolute Gasteiger partial charge is 0.214 e. The third kappa shape index (κ3) is 6.72. The number of nitrogens with one attached hydrogen (secondary N) is 1. The molecule has 0 aromatic heterocycles. The van der Waals surface area contributed by atoms with Crippen LogP contribution < -0.4 is 5.32 Å². The van der Waals surface area contributed by atoms with Crippen LogP contribution in [0.15, 0.2) is 0 Å². The van der Waals surface area contributed by atoms with Gasteiger partial charge in [-0.05, 0) is 38.1 Å². The summed E-state index contributed by atoms with van der Waals surface area (Å²) in [6, 6.07) is 0.765. The Hall–Kier alpha value is -0.130. The topological polar surface area (TPSA) is 49.4 Å². The summed E-state index contributed by atoms with van der Waals surface area (Å²) in [7, 11) is -3.05. The fraction of sp³-hybridized carbons (Fsp3) is 1.00. The predicted molar refractivity (Wildman–Crippen MR) is 80.7 cm³/mol. The Labute approximate surface area is 119 Å². The van der Waals surface area contributed by atoms with E-state index in [1.54, 1.807) is 4.31 Å². The van der Waals surface area contributed by atoms with Gasteiger partial charge in [-0.25, -0.2) is 8.42 Å². The standard InChI is InChI=1S/C14H30N2O2S/c1-12(2)11-16(14-7-8-14)19(17,18)10-6-5-9-15-13(3)4/h12-15H,5-11H2,1-4H3. The van der Waals surface area contributed by atoms with E-state index < -0.39 is 10.0 Å². The summed E-state index contributed by atoms with van der Waals surface area (Å²) in [6.45, 7) is 9.95. The van der Waals surface area contributed by atoms with E-state index in [9.17, 15) is 8.42 Å². The van der Waals surface area contributed by atoms with Crippen LogP contribution >= 0.6 is 0 Å². The second kappa shape index (κ2) is 7.60. The van der Waals surface area contributed by atoms with Crippen molar-refractivity contribution in [3.63, 3.8) is 0 Å². The first-order valence-corrected chi connectivity index (χ1v) is 9.16. The summed E-state index contributed by atoms with van der Waals surface area (Å²) in [6.07, 6.45) is 3.77. The van der Waals surface area contributed by atoms with E-state index in [4.69, 9.17) is 0 Å². The van der Waals surface area contributed by atoms with Crippen LogP contribution in [-0.2, 0) is 10.0 Å². The lowest BCUT2D eigenvalue weighted by molar-refractivity contribution is 0.359. The minimum Gasteiger partial charge on any atom is -0.315 e. The molecule has 0 unspecified atom stereocenters. The van der Waals surface area contributed by atoms with E-state index in [1.807, 2.05) is 0 Å². The SMILES string of the molecule is CC(C)CN(C1CC1)S(=O)(=O)CCCCNC(C)C. The highest BCUT2D eigenvalue weighted by atomic mass is 32.2. The molecule has 1 saturated carbocycles. The largest absolute Gasteiger partial charge is 0.315 e. The molecule has 0 amide bonds. The molecule has 0 aliphatic heterocycles. The first-order chi connectivity index (χ1) is 8.83. The van der Waals surface area contributed by atoms with Gasteiger partial charge in [0, 0.05) is 18.6 Å². The van der Waals surface area contributed by atoms with Gasteiger partial charge in [-0.1, -0.05) is 27.7 Å². The fourth-order valence-corrected chi connectivity index (χ4v) is 4.12. The Morgan fingerprint density at radius 3 is 2.26 bits per heavy atom. The summed E-state index contributed by atoms with van der Waals surface area (Å²) < 4.78 is 26.5. The number of unbranched alkanes of at least 4 members (excludes halogenated alkanes) is 1. The second-order valence-corrected chi connectivity index (χ2v) is 8.37. The van der Waals surface area contributed by atoms with Gasteiger partial charge in [0.15, 0.2) is 0 Å². The normalized spacial score (nSPS) is 16.8. The zero-order valence-electron chi connectivity index (χ0n) is 12.9. The van der Waals surface area contributed by atoms with E-state index in [0.29, 0.717) is 30.3 Å². The van der Waals surface area contributed by atoms with Crippen molar-refractivity contribution >= 4 is 10.0 Å². The van der Waals surface area contributed by atoms with Gasteiger partial charge in [-0.2, -0.15) is 4.31 Å². The monoisotopic (exact) mass is 290 g/mol. The summed E-state index contributed by atoms with van der Waals surface area (Å²) >= 11 is 0. The molecule has 1 aliphatic carbocycles. The maximum Gasteiger partial charge on any atom is 0.214 e. The maximum atomic E-state index is 12.4. The molecule has 0 aromatic rings. The average molecular weight is 290 g/mol. The Kier molecular flexibility index (Phi) is 6.77. The van der Waals surface area contributed by atoms with Crippen molar-refractivity contribution in [1.29, 1.82) is 0 Å². The molecule has 0 saturated heterocycles. The Morgan fingerprint density at radius 2 is 1.79 bits per heavy atom. The molecule has 0 atom stereocenters. The summed E-state index contributed by atoms with van der Waals surface area (Å²) in [5.41, 5.74) is 0. The van der Waals surface area contributed by atoms with Crippen LogP contribution in [0.4, 0.5) is 0 Å². The van der Waals surface area contributed by atoms with Crippen LogP contribution in [0.1, 0.15) is 53.4 Å². The highest BCUT2D eigenvalue weighted by molar-refractivity contribution is 7.89. The molecule has 114 valence electrons. The molecule has 0 bridgehead atoms. The van der Waals surface area contributed by atoms with Crippen molar-refractivity contribution in [1.82, 2.24) is 9.62 Å². The molecule has 0 heterocycles. The third-order valence-electron chi connectivity index (χ3n) is 3.24. The molecule has 1 fully saturated rings. The molecule has 4 nitrogen and oxygen atoms in total. The van der Waals surface area contributed by atoms with E-state index in [1.165, 1.54) is 0 Å². The minimum absolute atomic E-state index is 0.293. The minimum atomic E-state index is -3.05. The van der Waals surface area contributed by atoms with Crippen LogP contribution in [0.2, 0.25) is 0 Å². The second-order valence-electron chi connectivity index (χ2n) is 6.33. The number of hydrogen-bond acceptors (Lipinski definition) is 3. The Balaban J connectivity index is 2.35. The number of sulfonamides is 1. The number of rotatable bonds is 10. The summed E-state index contributed by atoms with van der Waals surface area (Å²) in [5, 5.41) is 3.32. The zero-order chi connectivity index (χ0) is 14.5. The molecule has 5 heteroatoms. The first-order valence-electron chi connectivity index (χ1n) is 7.56. The molecule has 0 aromatic carbocycles. The predicted octanol–water partition coefficient (Wildman–Crippen LogP) is 2.21. The van der Waals surface area contributed by atoms with E-state index >= 15 is 0 Å². The van der Waals surface area contributed by atoms with Crippen LogP contribution in [0.5, 0.6) is 0 Å². The van der Waals surface area contributed by atoms with Gasteiger partial charge in [0.2, 0.25) is 10.0 Å². The van der Waals surface area contributed by atoms with Crippen LogP contribution in [0.25, 0.3) is 0 Å². The molecule has 1 rings (SSSR count). The first kappa shape index (κ1) is 16.9.